The molecule has 0 fully saturated rings. The topological polar surface area (TPSA) is 70.5 Å². The maximum atomic E-state index is 12.7. The van der Waals surface area contributed by atoms with E-state index in [2.05, 4.69) is 23.7 Å². The Morgan fingerprint density at radius 2 is 1.83 bits per heavy atom. The minimum absolute atomic E-state index is 0.110. The van der Waals surface area contributed by atoms with Crippen molar-refractivity contribution in [2.24, 2.45) is 0 Å². The summed E-state index contributed by atoms with van der Waals surface area (Å²) >= 11 is 0. The normalized spacial score (nSPS) is 10.4. The molecule has 1 N–H and O–H groups in total. The molecule has 1 aromatic carbocycles. The zero-order valence-electron chi connectivity index (χ0n) is 13.5. The van der Waals surface area contributed by atoms with Gasteiger partial charge in [0.2, 0.25) is 0 Å². The quantitative estimate of drug-likeness (QED) is 0.830. The molecule has 0 radical (unpaired) electrons. The van der Waals surface area contributed by atoms with Crippen molar-refractivity contribution in [3.8, 4) is 0 Å². The Hall–Kier alpha value is -2.69. The van der Waals surface area contributed by atoms with Gasteiger partial charge < -0.3 is 10.0 Å². The first-order valence-electron chi connectivity index (χ1n) is 7.58. The highest BCUT2D eigenvalue weighted by Crippen LogP contribution is 2.22. The largest absolute Gasteiger partial charge is 0.476 e. The molecular weight excluding hydrogens is 292 g/mol. The van der Waals surface area contributed by atoms with Crippen LogP contribution >= 0.6 is 0 Å². The van der Waals surface area contributed by atoms with Gasteiger partial charge in [0, 0.05) is 30.5 Å². The minimum Gasteiger partial charge on any atom is -0.476 e. The third-order valence-corrected chi connectivity index (χ3v) is 3.84. The van der Waals surface area contributed by atoms with Crippen LogP contribution in [-0.2, 0) is 0 Å². The molecule has 0 atom stereocenters. The fourth-order valence-corrected chi connectivity index (χ4v) is 2.59. The standard InChI is InChI=1S/C18H20N2O3/c1-4-20(5-2)13-8-9-14(12(3)11-13)17(21)15-7-6-10-19-16(15)18(22)23/h6-11H,4-5H2,1-3H3,(H,22,23). The number of benzene rings is 1. The summed E-state index contributed by atoms with van der Waals surface area (Å²) in [6.45, 7) is 7.78. The summed E-state index contributed by atoms with van der Waals surface area (Å²) in [4.78, 5) is 29.9. The molecule has 0 aliphatic rings. The predicted molar refractivity (Wildman–Crippen MR) is 89.4 cm³/mol. The van der Waals surface area contributed by atoms with Crippen LogP contribution in [0.1, 0.15) is 45.8 Å². The second-order valence-electron chi connectivity index (χ2n) is 5.21. The summed E-state index contributed by atoms with van der Waals surface area (Å²) in [7, 11) is 0. The van der Waals surface area contributed by atoms with Gasteiger partial charge in [-0.1, -0.05) is 0 Å². The zero-order chi connectivity index (χ0) is 17.0. The average Bonchev–Trinajstić information content (AvgIpc) is 2.55. The van der Waals surface area contributed by atoms with Gasteiger partial charge in [-0.25, -0.2) is 9.78 Å². The molecule has 5 nitrogen and oxygen atoms in total. The lowest BCUT2D eigenvalue weighted by atomic mass is 9.97. The molecule has 0 aliphatic heterocycles. The number of aromatic carboxylic acids is 1. The molecule has 0 saturated heterocycles. The van der Waals surface area contributed by atoms with Crippen molar-refractivity contribution in [2.45, 2.75) is 20.8 Å². The zero-order valence-corrected chi connectivity index (χ0v) is 13.5. The molecular formula is C18H20N2O3. The van der Waals surface area contributed by atoms with Gasteiger partial charge in [-0.3, -0.25) is 4.79 Å². The maximum Gasteiger partial charge on any atom is 0.355 e. The van der Waals surface area contributed by atoms with Gasteiger partial charge in [0.1, 0.15) is 0 Å². The minimum atomic E-state index is -1.20. The van der Waals surface area contributed by atoms with Gasteiger partial charge in [-0.05, 0) is 56.7 Å². The number of aromatic nitrogens is 1. The SMILES string of the molecule is CCN(CC)c1ccc(C(=O)c2cccnc2C(=O)O)c(C)c1. The summed E-state index contributed by atoms with van der Waals surface area (Å²) in [6, 6.07) is 8.67. The van der Waals surface area contributed by atoms with Gasteiger partial charge in [0.05, 0.1) is 5.56 Å². The number of anilines is 1. The molecule has 0 saturated carbocycles. The number of pyridine rings is 1. The van der Waals surface area contributed by atoms with Crippen LogP contribution in [-0.4, -0.2) is 34.9 Å². The van der Waals surface area contributed by atoms with E-state index in [4.69, 9.17) is 0 Å². The summed E-state index contributed by atoms with van der Waals surface area (Å²) in [6.07, 6.45) is 1.37. The molecule has 0 aliphatic carbocycles. The number of rotatable bonds is 6. The summed E-state index contributed by atoms with van der Waals surface area (Å²) in [5.74, 6) is -1.52. The van der Waals surface area contributed by atoms with E-state index in [0.717, 1.165) is 24.3 Å². The molecule has 2 rings (SSSR count). The average molecular weight is 312 g/mol. The fraction of sp³-hybridized carbons (Fsp3) is 0.278. The summed E-state index contributed by atoms with van der Waals surface area (Å²) < 4.78 is 0. The van der Waals surface area contributed by atoms with Crippen molar-refractivity contribution in [3.05, 3.63) is 58.9 Å². The Balaban J connectivity index is 2.43. The number of hydrogen-bond acceptors (Lipinski definition) is 4. The van der Waals surface area contributed by atoms with E-state index in [9.17, 15) is 14.7 Å². The molecule has 0 spiro atoms. The third-order valence-electron chi connectivity index (χ3n) is 3.84. The van der Waals surface area contributed by atoms with Crippen LogP contribution in [0, 0.1) is 6.92 Å². The van der Waals surface area contributed by atoms with Crippen molar-refractivity contribution in [1.29, 1.82) is 0 Å². The van der Waals surface area contributed by atoms with E-state index in [0.29, 0.717) is 5.56 Å². The molecule has 0 bridgehead atoms. The molecule has 5 heteroatoms. The Kier molecular flexibility index (Phi) is 5.11. The highest BCUT2D eigenvalue weighted by Gasteiger charge is 2.20. The first kappa shape index (κ1) is 16.7. The van der Waals surface area contributed by atoms with E-state index >= 15 is 0 Å². The monoisotopic (exact) mass is 312 g/mol. The number of carbonyl (C=O) groups excluding carboxylic acids is 1. The van der Waals surface area contributed by atoms with Gasteiger partial charge in [-0.2, -0.15) is 0 Å². The van der Waals surface area contributed by atoms with Crippen LogP contribution in [0.15, 0.2) is 36.5 Å². The summed E-state index contributed by atoms with van der Waals surface area (Å²) in [5, 5.41) is 9.19. The summed E-state index contributed by atoms with van der Waals surface area (Å²) in [5.41, 5.74) is 2.26. The Bertz CT molecular complexity index is 737. The van der Waals surface area contributed by atoms with Crippen molar-refractivity contribution in [1.82, 2.24) is 4.98 Å². The Labute approximate surface area is 135 Å². The van der Waals surface area contributed by atoms with Crippen LogP contribution in [0.3, 0.4) is 0 Å². The fourth-order valence-electron chi connectivity index (χ4n) is 2.59. The van der Waals surface area contributed by atoms with Crippen molar-refractivity contribution >= 4 is 17.4 Å². The van der Waals surface area contributed by atoms with E-state index in [1.54, 1.807) is 12.1 Å². The van der Waals surface area contributed by atoms with Crippen LogP contribution in [0.2, 0.25) is 0 Å². The molecule has 120 valence electrons. The Morgan fingerprint density at radius 3 is 2.39 bits per heavy atom. The first-order valence-corrected chi connectivity index (χ1v) is 7.58. The van der Waals surface area contributed by atoms with Crippen molar-refractivity contribution < 1.29 is 14.7 Å². The number of carboxylic acid groups (broad SMARTS) is 1. The lowest BCUT2D eigenvalue weighted by Crippen LogP contribution is -2.22. The number of carboxylic acids is 1. The van der Waals surface area contributed by atoms with Crippen molar-refractivity contribution in [2.75, 3.05) is 18.0 Å². The first-order chi connectivity index (χ1) is 11.0. The van der Waals surface area contributed by atoms with Crippen LogP contribution in [0.25, 0.3) is 0 Å². The van der Waals surface area contributed by atoms with Gasteiger partial charge in [0.25, 0.3) is 0 Å². The number of nitrogens with zero attached hydrogens (tertiary/aromatic N) is 2. The number of aryl methyl sites for hydroxylation is 1. The maximum absolute atomic E-state index is 12.7. The lowest BCUT2D eigenvalue weighted by Gasteiger charge is -2.22. The van der Waals surface area contributed by atoms with E-state index in [1.165, 1.54) is 12.3 Å². The predicted octanol–water partition coefficient (Wildman–Crippen LogP) is 3.17. The highest BCUT2D eigenvalue weighted by molar-refractivity contribution is 6.14. The second kappa shape index (κ2) is 7.05. The van der Waals surface area contributed by atoms with E-state index in [1.807, 2.05) is 19.1 Å². The van der Waals surface area contributed by atoms with Crippen LogP contribution in [0.4, 0.5) is 5.69 Å². The smallest absolute Gasteiger partial charge is 0.355 e. The van der Waals surface area contributed by atoms with Crippen molar-refractivity contribution in [3.63, 3.8) is 0 Å². The number of carbonyl (C=O) groups is 2. The Morgan fingerprint density at radius 1 is 1.13 bits per heavy atom. The highest BCUT2D eigenvalue weighted by atomic mass is 16.4. The van der Waals surface area contributed by atoms with Crippen LogP contribution < -0.4 is 4.90 Å². The van der Waals surface area contributed by atoms with Gasteiger partial charge in [-0.15, -0.1) is 0 Å². The van der Waals surface area contributed by atoms with E-state index < -0.39 is 5.97 Å². The second-order valence-corrected chi connectivity index (χ2v) is 5.21. The molecule has 0 amide bonds. The van der Waals surface area contributed by atoms with Crippen LogP contribution in [0.5, 0.6) is 0 Å². The number of hydrogen-bond donors (Lipinski definition) is 1. The molecule has 2 aromatic rings. The molecule has 0 unspecified atom stereocenters. The van der Waals surface area contributed by atoms with Gasteiger partial charge >= 0.3 is 5.97 Å². The third kappa shape index (κ3) is 3.39. The van der Waals surface area contributed by atoms with Gasteiger partial charge in [0.15, 0.2) is 11.5 Å². The van der Waals surface area contributed by atoms with E-state index in [-0.39, 0.29) is 17.0 Å². The molecule has 1 aromatic heterocycles. The number of ketones is 1. The molecule has 1 heterocycles. The lowest BCUT2D eigenvalue weighted by molar-refractivity contribution is 0.0686. The molecule has 23 heavy (non-hydrogen) atoms.